The summed E-state index contributed by atoms with van der Waals surface area (Å²) in [5, 5.41) is 9.58. The molecule has 32 heavy (non-hydrogen) atoms. The number of carbonyl (C=O) groups is 1. The topological polar surface area (TPSA) is 51.0 Å². The molecule has 0 saturated carbocycles. The van der Waals surface area contributed by atoms with E-state index in [1.54, 1.807) is 12.1 Å². The number of ketones is 1. The lowest BCUT2D eigenvalue weighted by Crippen LogP contribution is -2.33. The quantitative estimate of drug-likeness (QED) is 0.334. The van der Waals surface area contributed by atoms with Crippen LogP contribution in [-0.4, -0.2) is 44.3 Å². The summed E-state index contributed by atoms with van der Waals surface area (Å²) in [5.41, 5.74) is 2.71. The van der Waals surface area contributed by atoms with Crippen LogP contribution in [0.2, 0.25) is 0 Å². The van der Waals surface area contributed by atoms with Crippen molar-refractivity contribution in [2.75, 3.05) is 18.8 Å². The Morgan fingerprint density at radius 1 is 1.03 bits per heavy atom. The van der Waals surface area contributed by atoms with Gasteiger partial charge in [0.2, 0.25) is 0 Å². The number of benzene rings is 2. The van der Waals surface area contributed by atoms with Gasteiger partial charge in [-0.3, -0.25) is 14.3 Å². The van der Waals surface area contributed by atoms with Crippen molar-refractivity contribution in [3.63, 3.8) is 0 Å². The van der Waals surface area contributed by atoms with Crippen molar-refractivity contribution in [3.05, 3.63) is 71.3 Å². The number of carbonyl (C=O) groups excluding carboxylic acids is 1. The molecule has 0 spiro atoms. The minimum atomic E-state index is -0.285. The molecule has 1 atom stereocenters. The molecule has 2 heterocycles. The summed E-state index contributed by atoms with van der Waals surface area (Å²) < 4.78 is 15.5. The van der Waals surface area contributed by atoms with E-state index in [4.69, 9.17) is 0 Å². The predicted molar refractivity (Wildman–Crippen MR) is 126 cm³/mol. The standard InChI is InChI=1S/C25H29FN4OS/c1-3-19-7-9-20(10-8-19)23(31)17-32-25-28-27-24(18(2)29-15-5-4-6-16-29)30(25)22-13-11-21(26)12-14-22/h7-14,18H,3-6,15-17H2,1-2H3/t18-/m0/s1. The summed E-state index contributed by atoms with van der Waals surface area (Å²) in [7, 11) is 0. The Hall–Kier alpha value is -2.51. The lowest BCUT2D eigenvalue weighted by Gasteiger charge is -2.31. The van der Waals surface area contributed by atoms with Gasteiger partial charge in [0, 0.05) is 11.3 Å². The first kappa shape index (κ1) is 22.7. The molecule has 1 aliphatic heterocycles. The summed E-state index contributed by atoms with van der Waals surface area (Å²) in [6, 6.07) is 14.2. The summed E-state index contributed by atoms with van der Waals surface area (Å²) >= 11 is 1.37. The number of halogens is 1. The molecule has 0 aliphatic carbocycles. The molecule has 0 unspecified atom stereocenters. The van der Waals surface area contributed by atoms with E-state index in [-0.39, 0.29) is 23.4 Å². The van der Waals surface area contributed by atoms with Gasteiger partial charge >= 0.3 is 0 Å². The van der Waals surface area contributed by atoms with Crippen molar-refractivity contribution < 1.29 is 9.18 Å². The third-order valence-corrected chi connectivity index (χ3v) is 7.00. The zero-order valence-corrected chi connectivity index (χ0v) is 19.4. The third kappa shape index (κ3) is 5.10. The van der Waals surface area contributed by atoms with Gasteiger partial charge in [0.1, 0.15) is 5.82 Å². The lowest BCUT2D eigenvalue weighted by atomic mass is 10.1. The predicted octanol–water partition coefficient (Wildman–Crippen LogP) is 5.49. The summed E-state index contributed by atoms with van der Waals surface area (Å²) in [4.78, 5) is 15.2. The van der Waals surface area contributed by atoms with Crippen LogP contribution in [0.1, 0.15) is 60.9 Å². The van der Waals surface area contributed by atoms with Gasteiger partial charge in [0.05, 0.1) is 11.8 Å². The molecule has 5 nitrogen and oxygen atoms in total. The van der Waals surface area contributed by atoms with Crippen LogP contribution >= 0.6 is 11.8 Å². The Morgan fingerprint density at radius 2 is 1.72 bits per heavy atom. The van der Waals surface area contributed by atoms with Crippen LogP contribution in [0.15, 0.2) is 53.7 Å². The smallest absolute Gasteiger partial charge is 0.196 e. The van der Waals surface area contributed by atoms with Crippen LogP contribution in [0.25, 0.3) is 5.69 Å². The van der Waals surface area contributed by atoms with E-state index in [2.05, 4.69) is 28.9 Å². The highest BCUT2D eigenvalue weighted by molar-refractivity contribution is 7.99. The first-order valence-electron chi connectivity index (χ1n) is 11.3. The van der Waals surface area contributed by atoms with E-state index in [1.165, 1.54) is 48.7 Å². The molecular weight excluding hydrogens is 423 g/mol. The molecule has 0 amide bonds. The van der Waals surface area contributed by atoms with Crippen LogP contribution in [0, 0.1) is 5.82 Å². The van der Waals surface area contributed by atoms with E-state index >= 15 is 0 Å². The van der Waals surface area contributed by atoms with Gasteiger partial charge in [-0.2, -0.15) is 0 Å². The lowest BCUT2D eigenvalue weighted by molar-refractivity contribution is 0.102. The third-order valence-electron chi connectivity index (χ3n) is 6.07. The van der Waals surface area contributed by atoms with Gasteiger partial charge in [-0.25, -0.2) is 4.39 Å². The number of likely N-dealkylation sites (tertiary alicyclic amines) is 1. The zero-order chi connectivity index (χ0) is 22.5. The molecule has 1 saturated heterocycles. The molecule has 168 valence electrons. The Bertz CT molecular complexity index is 1040. The Labute approximate surface area is 193 Å². The van der Waals surface area contributed by atoms with Gasteiger partial charge < -0.3 is 0 Å². The second-order valence-corrected chi connectivity index (χ2v) is 9.13. The van der Waals surface area contributed by atoms with Crippen LogP contribution in [-0.2, 0) is 6.42 Å². The summed E-state index contributed by atoms with van der Waals surface area (Å²) in [6.07, 6.45) is 4.57. The molecule has 4 rings (SSSR count). The van der Waals surface area contributed by atoms with Gasteiger partial charge in [-0.1, -0.05) is 49.4 Å². The average molecular weight is 453 g/mol. The van der Waals surface area contributed by atoms with Gasteiger partial charge in [0.25, 0.3) is 0 Å². The average Bonchev–Trinajstić information content (AvgIpc) is 3.27. The molecule has 3 aromatic rings. The number of nitrogens with zero attached hydrogens (tertiary/aromatic N) is 4. The van der Waals surface area contributed by atoms with Crippen molar-refractivity contribution >= 4 is 17.5 Å². The molecular formula is C25H29FN4OS. The van der Waals surface area contributed by atoms with Crippen LogP contribution < -0.4 is 0 Å². The Kier molecular flexibility index (Phi) is 7.37. The molecule has 0 radical (unpaired) electrons. The van der Waals surface area contributed by atoms with Gasteiger partial charge in [0.15, 0.2) is 16.8 Å². The highest BCUT2D eigenvalue weighted by Crippen LogP contribution is 2.29. The fourth-order valence-corrected chi connectivity index (χ4v) is 4.94. The SMILES string of the molecule is CCc1ccc(C(=O)CSc2nnc([C@H](C)N3CCCCC3)n2-c2ccc(F)cc2)cc1. The zero-order valence-electron chi connectivity index (χ0n) is 18.6. The number of thioether (sulfide) groups is 1. The first-order valence-corrected chi connectivity index (χ1v) is 12.3. The Balaban J connectivity index is 1.58. The normalized spacial score (nSPS) is 15.6. The fourth-order valence-electron chi connectivity index (χ4n) is 4.09. The maximum atomic E-state index is 13.6. The second-order valence-electron chi connectivity index (χ2n) is 8.19. The monoisotopic (exact) mass is 452 g/mol. The molecule has 2 aromatic carbocycles. The molecule has 1 aliphatic rings. The van der Waals surface area contributed by atoms with Crippen LogP contribution in [0.5, 0.6) is 0 Å². The van der Waals surface area contributed by atoms with Gasteiger partial charge in [-0.05, 0) is 69.1 Å². The highest BCUT2D eigenvalue weighted by atomic mass is 32.2. The van der Waals surface area contributed by atoms with Crippen LogP contribution in [0.3, 0.4) is 0 Å². The van der Waals surface area contributed by atoms with E-state index in [0.29, 0.717) is 10.7 Å². The maximum absolute atomic E-state index is 13.6. The highest BCUT2D eigenvalue weighted by Gasteiger charge is 2.26. The largest absolute Gasteiger partial charge is 0.294 e. The number of hydrogen-bond acceptors (Lipinski definition) is 5. The fraction of sp³-hybridized carbons (Fsp3) is 0.400. The number of rotatable bonds is 8. The van der Waals surface area contributed by atoms with Crippen molar-refractivity contribution in [3.8, 4) is 5.69 Å². The molecule has 0 N–H and O–H groups in total. The van der Waals surface area contributed by atoms with Crippen molar-refractivity contribution in [2.24, 2.45) is 0 Å². The van der Waals surface area contributed by atoms with Crippen LogP contribution in [0.4, 0.5) is 4.39 Å². The first-order chi connectivity index (χ1) is 15.6. The number of aromatic nitrogens is 3. The minimum Gasteiger partial charge on any atom is -0.294 e. The Morgan fingerprint density at radius 3 is 2.38 bits per heavy atom. The van der Waals surface area contributed by atoms with Crippen molar-refractivity contribution in [1.29, 1.82) is 0 Å². The summed E-state index contributed by atoms with van der Waals surface area (Å²) in [5.74, 6) is 0.855. The van der Waals surface area contributed by atoms with Crippen molar-refractivity contribution in [1.82, 2.24) is 19.7 Å². The maximum Gasteiger partial charge on any atom is 0.196 e. The number of Topliss-reactive ketones (excluding diaryl/α,β-unsaturated/α-hetero) is 1. The van der Waals surface area contributed by atoms with E-state index < -0.39 is 0 Å². The molecule has 1 aromatic heterocycles. The molecule has 1 fully saturated rings. The number of aryl methyl sites for hydroxylation is 1. The van der Waals surface area contributed by atoms with Crippen molar-refractivity contribution in [2.45, 2.75) is 50.7 Å². The number of hydrogen-bond donors (Lipinski definition) is 0. The summed E-state index contributed by atoms with van der Waals surface area (Å²) in [6.45, 7) is 6.31. The molecule has 0 bridgehead atoms. The van der Waals surface area contributed by atoms with Gasteiger partial charge in [-0.15, -0.1) is 10.2 Å². The van der Waals surface area contributed by atoms with E-state index in [0.717, 1.165) is 31.0 Å². The second kappa shape index (κ2) is 10.4. The van der Waals surface area contributed by atoms with E-state index in [1.807, 2.05) is 28.8 Å². The minimum absolute atomic E-state index is 0.0527. The number of piperidine rings is 1. The van der Waals surface area contributed by atoms with E-state index in [9.17, 15) is 9.18 Å². The molecule has 7 heteroatoms.